The molecule has 0 radical (unpaired) electrons. The second-order valence-electron chi connectivity index (χ2n) is 5.39. The number of para-hydroxylation sites is 1. The van der Waals surface area contributed by atoms with E-state index in [1.54, 1.807) is 6.07 Å². The molecule has 110 valence electrons. The Morgan fingerprint density at radius 3 is 3.05 bits per heavy atom. The molecule has 0 spiro atoms. The Morgan fingerprint density at radius 1 is 1.43 bits per heavy atom. The first-order valence-corrected chi connectivity index (χ1v) is 7.27. The standard InChI is InChI=1S/C16H19N3O2/c17-15(20)13-9-12-3-1-2-4-14(12)19-16(13)21-8-6-11-5-7-18-10-11/h1-4,9,11,18H,5-8,10H2,(H2,17,20). The molecular weight excluding hydrogens is 266 g/mol. The van der Waals surface area contributed by atoms with E-state index < -0.39 is 5.91 Å². The molecule has 1 fully saturated rings. The highest BCUT2D eigenvalue weighted by atomic mass is 16.5. The predicted molar refractivity (Wildman–Crippen MR) is 81.3 cm³/mol. The molecule has 0 bridgehead atoms. The number of carbonyl (C=O) groups excluding carboxylic acids is 1. The molecule has 1 amide bonds. The Labute approximate surface area is 123 Å². The second kappa shape index (κ2) is 6.10. The van der Waals surface area contributed by atoms with Crippen LogP contribution in [0.2, 0.25) is 0 Å². The summed E-state index contributed by atoms with van der Waals surface area (Å²) in [5, 5.41) is 4.22. The Balaban J connectivity index is 1.78. The fourth-order valence-corrected chi connectivity index (χ4v) is 2.67. The zero-order valence-corrected chi connectivity index (χ0v) is 11.8. The average Bonchev–Trinajstić information content (AvgIpc) is 2.99. The quantitative estimate of drug-likeness (QED) is 0.876. The van der Waals surface area contributed by atoms with E-state index in [9.17, 15) is 4.79 Å². The van der Waals surface area contributed by atoms with Gasteiger partial charge in [0.2, 0.25) is 5.88 Å². The summed E-state index contributed by atoms with van der Waals surface area (Å²) in [4.78, 5) is 16.0. The summed E-state index contributed by atoms with van der Waals surface area (Å²) in [5.41, 5.74) is 6.58. The van der Waals surface area contributed by atoms with E-state index in [0.29, 0.717) is 24.0 Å². The minimum atomic E-state index is -0.509. The number of primary amides is 1. The van der Waals surface area contributed by atoms with Crippen LogP contribution in [-0.4, -0.2) is 30.6 Å². The molecular formula is C16H19N3O2. The highest BCUT2D eigenvalue weighted by molar-refractivity contribution is 5.98. The molecule has 3 rings (SSSR count). The number of rotatable bonds is 5. The van der Waals surface area contributed by atoms with Crippen LogP contribution < -0.4 is 15.8 Å². The Morgan fingerprint density at radius 2 is 2.29 bits per heavy atom. The number of fused-ring (bicyclic) bond motifs is 1. The summed E-state index contributed by atoms with van der Waals surface area (Å²) in [6.45, 7) is 2.67. The van der Waals surface area contributed by atoms with Crippen LogP contribution in [0.5, 0.6) is 5.88 Å². The fourth-order valence-electron chi connectivity index (χ4n) is 2.67. The van der Waals surface area contributed by atoms with Gasteiger partial charge in [-0.2, -0.15) is 0 Å². The van der Waals surface area contributed by atoms with Gasteiger partial charge < -0.3 is 15.8 Å². The third-order valence-corrected chi connectivity index (χ3v) is 3.88. The zero-order valence-electron chi connectivity index (χ0n) is 11.8. The summed E-state index contributed by atoms with van der Waals surface area (Å²) >= 11 is 0. The molecule has 0 saturated carbocycles. The molecule has 1 unspecified atom stereocenters. The average molecular weight is 285 g/mol. The predicted octanol–water partition coefficient (Wildman–Crippen LogP) is 1.71. The monoisotopic (exact) mass is 285 g/mol. The van der Waals surface area contributed by atoms with Crippen LogP contribution in [0.4, 0.5) is 0 Å². The molecule has 2 aromatic rings. The number of aromatic nitrogens is 1. The Bertz CT molecular complexity index is 651. The minimum absolute atomic E-state index is 0.340. The van der Waals surface area contributed by atoms with Gasteiger partial charge in [-0.05, 0) is 44.0 Å². The van der Waals surface area contributed by atoms with Gasteiger partial charge in [0, 0.05) is 5.39 Å². The lowest BCUT2D eigenvalue weighted by atomic mass is 10.1. The number of nitrogens with zero attached hydrogens (tertiary/aromatic N) is 1. The van der Waals surface area contributed by atoms with Crippen molar-refractivity contribution in [3.05, 3.63) is 35.9 Å². The number of nitrogens with two attached hydrogens (primary N) is 1. The smallest absolute Gasteiger partial charge is 0.254 e. The van der Waals surface area contributed by atoms with E-state index in [1.165, 1.54) is 6.42 Å². The minimum Gasteiger partial charge on any atom is -0.477 e. The van der Waals surface area contributed by atoms with E-state index in [0.717, 1.165) is 30.4 Å². The summed E-state index contributed by atoms with van der Waals surface area (Å²) in [5.74, 6) is 0.473. The van der Waals surface area contributed by atoms with Crippen molar-refractivity contribution in [1.29, 1.82) is 0 Å². The molecule has 5 heteroatoms. The third-order valence-electron chi connectivity index (χ3n) is 3.88. The van der Waals surface area contributed by atoms with Gasteiger partial charge in [-0.3, -0.25) is 4.79 Å². The van der Waals surface area contributed by atoms with Gasteiger partial charge in [-0.1, -0.05) is 18.2 Å². The van der Waals surface area contributed by atoms with E-state index in [4.69, 9.17) is 10.5 Å². The van der Waals surface area contributed by atoms with Gasteiger partial charge >= 0.3 is 0 Å². The molecule has 1 aliphatic rings. The van der Waals surface area contributed by atoms with Crippen LogP contribution in [0.25, 0.3) is 10.9 Å². The highest BCUT2D eigenvalue weighted by Crippen LogP contribution is 2.22. The summed E-state index contributed by atoms with van der Waals surface area (Å²) < 4.78 is 5.73. The summed E-state index contributed by atoms with van der Waals surface area (Å²) in [7, 11) is 0. The van der Waals surface area contributed by atoms with Crippen LogP contribution in [-0.2, 0) is 0 Å². The van der Waals surface area contributed by atoms with Crippen molar-refractivity contribution in [2.24, 2.45) is 11.7 Å². The topological polar surface area (TPSA) is 77.2 Å². The van der Waals surface area contributed by atoms with Crippen molar-refractivity contribution in [3.63, 3.8) is 0 Å². The fraction of sp³-hybridized carbons (Fsp3) is 0.375. The van der Waals surface area contributed by atoms with Crippen LogP contribution in [0.15, 0.2) is 30.3 Å². The number of benzene rings is 1. The molecule has 1 atom stereocenters. The molecule has 5 nitrogen and oxygen atoms in total. The van der Waals surface area contributed by atoms with E-state index in [2.05, 4.69) is 10.3 Å². The van der Waals surface area contributed by atoms with Gasteiger partial charge in [0.25, 0.3) is 5.91 Å². The molecule has 1 aromatic carbocycles. The lowest BCUT2D eigenvalue weighted by molar-refractivity contribution is 0.0995. The first-order valence-electron chi connectivity index (χ1n) is 7.27. The maximum absolute atomic E-state index is 11.6. The van der Waals surface area contributed by atoms with Crippen molar-refractivity contribution in [2.45, 2.75) is 12.8 Å². The van der Waals surface area contributed by atoms with Crippen molar-refractivity contribution in [2.75, 3.05) is 19.7 Å². The zero-order chi connectivity index (χ0) is 14.7. The lowest BCUT2D eigenvalue weighted by Crippen LogP contribution is -2.16. The van der Waals surface area contributed by atoms with Crippen molar-refractivity contribution in [3.8, 4) is 5.88 Å². The van der Waals surface area contributed by atoms with E-state index >= 15 is 0 Å². The van der Waals surface area contributed by atoms with Crippen molar-refractivity contribution < 1.29 is 9.53 Å². The number of amides is 1. The van der Waals surface area contributed by atoms with Gasteiger partial charge in [-0.15, -0.1) is 0 Å². The van der Waals surface area contributed by atoms with Gasteiger partial charge in [0.05, 0.1) is 12.1 Å². The molecule has 1 aromatic heterocycles. The van der Waals surface area contributed by atoms with E-state index in [1.807, 2.05) is 24.3 Å². The molecule has 1 saturated heterocycles. The number of hydrogen-bond acceptors (Lipinski definition) is 4. The van der Waals surface area contributed by atoms with Crippen LogP contribution in [0.3, 0.4) is 0 Å². The highest BCUT2D eigenvalue weighted by Gasteiger charge is 2.16. The third kappa shape index (κ3) is 3.13. The maximum atomic E-state index is 11.6. The van der Waals surface area contributed by atoms with Crippen LogP contribution >= 0.6 is 0 Å². The number of carbonyl (C=O) groups is 1. The van der Waals surface area contributed by atoms with Gasteiger partial charge in [0.1, 0.15) is 5.56 Å². The molecule has 3 N–H and O–H groups in total. The van der Waals surface area contributed by atoms with Crippen molar-refractivity contribution in [1.82, 2.24) is 10.3 Å². The van der Waals surface area contributed by atoms with Crippen molar-refractivity contribution >= 4 is 16.8 Å². The largest absolute Gasteiger partial charge is 0.477 e. The number of hydrogen-bond donors (Lipinski definition) is 2. The first kappa shape index (κ1) is 13.8. The Hall–Kier alpha value is -2.14. The summed E-state index contributed by atoms with van der Waals surface area (Å²) in [6.07, 6.45) is 2.14. The molecule has 1 aliphatic heterocycles. The van der Waals surface area contributed by atoms with Gasteiger partial charge in [0.15, 0.2) is 0 Å². The molecule has 21 heavy (non-hydrogen) atoms. The van der Waals surface area contributed by atoms with Gasteiger partial charge in [-0.25, -0.2) is 4.98 Å². The maximum Gasteiger partial charge on any atom is 0.254 e. The SMILES string of the molecule is NC(=O)c1cc2ccccc2nc1OCCC1CCNC1. The first-order chi connectivity index (χ1) is 10.2. The number of pyridine rings is 1. The normalized spacial score (nSPS) is 18.0. The van der Waals surface area contributed by atoms with E-state index in [-0.39, 0.29) is 0 Å². The number of ether oxygens (including phenoxy) is 1. The molecule has 0 aliphatic carbocycles. The molecule has 2 heterocycles. The summed E-state index contributed by atoms with van der Waals surface area (Å²) in [6, 6.07) is 9.36. The Kier molecular flexibility index (Phi) is 4.01. The lowest BCUT2D eigenvalue weighted by Gasteiger charge is -2.12. The number of nitrogens with one attached hydrogen (secondary N) is 1. The second-order valence-corrected chi connectivity index (χ2v) is 5.39. The van der Waals surface area contributed by atoms with Crippen LogP contribution in [0, 0.1) is 5.92 Å². The van der Waals surface area contributed by atoms with Crippen LogP contribution in [0.1, 0.15) is 23.2 Å².